The van der Waals surface area contributed by atoms with Crippen LogP contribution in [0.4, 0.5) is 0 Å². The zero-order chi connectivity index (χ0) is 14.0. The van der Waals surface area contributed by atoms with Gasteiger partial charge in [-0.05, 0) is 43.5 Å². The fourth-order valence-electron chi connectivity index (χ4n) is 2.29. The van der Waals surface area contributed by atoms with Crippen molar-refractivity contribution in [2.24, 2.45) is 5.92 Å². The summed E-state index contributed by atoms with van der Waals surface area (Å²) < 4.78 is 16.7. The molecule has 0 aliphatic carbocycles. The summed E-state index contributed by atoms with van der Waals surface area (Å²) in [5, 5.41) is 3.12. The van der Waals surface area contributed by atoms with Gasteiger partial charge in [-0.1, -0.05) is 12.1 Å². The molecule has 1 aliphatic heterocycles. The number of hydrogen-bond acceptors (Lipinski definition) is 4. The molecular weight excluding hydrogens is 254 g/mol. The van der Waals surface area contributed by atoms with E-state index in [-0.39, 0.29) is 0 Å². The molecule has 1 heterocycles. The normalized spacial score (nSPS) is 16.2. The average molecular weight is 279 g/mol. The summed E-state index contributed by atoms with van der Waals surface area (Å²) in [6.07, 6.45) is 2.24. The minimum Gasteiger partial charge on any atom is -0.491 e. The predicted octanol–water partition coefficient (Wildman–Crippen LogP) is 2.23. The second-order valence-corrected chi connectivity index (χ2v) is 5.15. The Morgan fingerprint density at radius 1 is 1.15 bits per heavy atom. The Hall–Kier alpha value is -1.10. The highest BCUT2D eigenvalue weighted by Gasteiger charge is 2.13. The molecule has 0 bridgehead atoms. The summed E-state index contributed by atoms with van der Waals surface area (Å²) in [7, 11) is 1.94. The molecule has 0 aromatic heterocycles. The van der Waals surface area contributed by atoms with E-state index in [0.717, 1.165) is 45.0 Å². The van der Waals surface area contributed by atoms with Crippen molar-refractivity contribution in [1.29, 1.82) is 0 Å². The lowest BCUT2D eigenvalue weighted by atomic mass is 10.0. The van der Waals surface area contributed by atoms with Crippen molar-refractivity contribution in [2.75, 3.05) is 40.1 Å². The highest BCUT2D eigenvalue weighted by Crippen LogP contribution is 2.15. The van der Waals surface area contributed by atoms with Gasteiger partial charge in [0.1, 0.15) is 12.4 Å². The van der Waals surface area contributed by atoms with Gasteiger partial charge in [0.05, 0.1) is 6.61 Å². The number of nitrogens with one attached hydrogen (secondary N) is 1. The highest BCUT2D eigenvalue weighted by atomic mass is 16.5. The number of hydrogen-bond donors (Lipinski definition) is 1. The van der Waals surface area contributed by atoms with Gasteiger partial charge in [-0.2, -0.15) is 0 Å². The van der Waals surface area contributed by atoms with Gasteiger partial charge >= 0.3 is 0 Å². The van der Waals surface area contributed by atoms with Crippen molar-refractivity contribution in [1.82, 2.24) is 5.32 Å². The maximum absolute atomic E-state index is 5.67. The third-order valence-corrected chi connectivity index (χ3v) is 3.50. The third-order valence-electron chi connectivity index (χ3n) is 3.50. The van der Waals surface area contributed by atoms with E-state index >= 15 is 0 Å². The summed E-state index contributed by atoms with van der Waals surface area (Å²) >= 11 is 0. The lowest BCUT2D eigenvalue weighted by molar-refractivity contribution is 0.0139. The van der Waals surface area contributed by atoms with E-state index in [1.807, 2.05) is 19.2 Å². The van der Waals surface area contributed by atoms with Gasteiger partial charge in [-0.15, -0.1) is 0 Å². The Morgan fingerprint density at radius 2 is 1.90 bits per heavy atom. The maximum Gasteiger partial charge on any atom is 0.119 e. The molecular formula is C16H25NO3. The molecule has 4 nitrogen and oxygen atoms in total. The van der Waals surface area contributed by atoms with Crippen LogP contribution in [-0.4, -0.2) is 40.1 Å². The van der Waals surface area contributed by atoms with Crippen molar-refractivity contribution in [3.05, 3.63) is 29.8 Å². The average Bonchev–Trinajstić information content (AvgIpc) is 2.50. The van der Waals surface area contributed by atoms with Crippen LogP contribution >= 0.6 is 0 Å². The predicted molar refractivity (Wildman–Crippen MR) is 79.1 cm³/mol. The largest absolute Gasteiger partial charge is 0.491 e. The molecule has 1 aromatic carbocycles. The molecule has 1 N–H and O–H groups in total. The van der Waals surface area contributed by atoms with Crippen LogP contribution in [0.5, 0.6) is 5.75 Å². The van der Waals surface area contributed by atoms with Crippen LogP contribution in [0.15, 0.2) is 24.3 Å². The van der Waals surface area contributed by atoms with Crippen LogP contribution in [-0.2, 0) is 16.0 Å². The smallest absolute Gasteiger partial charge is 0.119 e. The van der Waals surface area contributed by atoms with Gasteiger partial charge in [0.2, 0.25) is 0 Å². The molecule has 20 heavy (non-hydrogen) atoms. The molecule has 0 spiro atoms. The van der Waals surface area contributed by atoms with Gasteiger partial charge in [0.25, 0.3) is 0 Å². The molecule has 1 saturated heterocycles. The Balaban J connectivity index is 1.56. The Kier molecular flexibility index (Phi) is 6.84. The van der Waals surface area contributed by atoms with E-state index in [9.17, 15) is 0 Å². The molecule has 1 aromatic rings. The summed E-state index contributed by atoms with van der Waals surface area (Å²) in [6, 6.07) is 8.17. The SMILES string of the molecule is CNCc1ccc(OCCOCC2CCOCC2)cc1. The minimum atomic E-state index is 0.606. The molecule has 0 unspecified atom stereocenters. The van der Waals surface area contributed by atoms with Crippen LogP contribution in [0.2, 0.25) is 0 Å². The summed E-state index contributed by atoms with van der Waals surface area (Å²) in [6.45, 7) is 4.72. The molecule has 0 amide bonds. The van der Waals surface area contributed by atoms with E-state index in [1.165, 1.54) is 5.56 Å². The van der Waals surface area contributed by atoms with Gasteiger partial charge in [-0.3, -0.25) is 0 Å². The molecule has 112 valence electrons. The fraction of sp³-hybridized carbons (Fsp3) is 0.625. The van der Waals surface area contributed by atoms with Crippen molar-refractivity contribution >= 4 is 0 Å². The van der Waals surface area contributed by atoms with Crippen LogP contribution in [0.1, 0.15) is 18.4 Å². The van der Waals surface area contributed by atoms with Crippen LogP contribution < -0.4 is 10.1 Å². The zero-order valence-electron chi connectivity index (χ0n) is 12.3. The summed E-state index contributed by atoms with van der Waals surface area (Å²) in [5.41, 5.74) is 1.26. The summed E-state index contributed by atoms with van der Waals surface area (Å²) in [5.74, 6) is 1.56. The van der Waals surface area contributed by atoms with E-state index in [0.29, 0.717) is 19.1 Å². The third kappa shape index (κ3) is 5.49. The fourth-order valence-corrected chi connectivity index (χ4v) is 2.29. The quantitative estimate of drug-likeness (QED) is 0.741. The monoisotopic (exact) mass is 279 g/mol. The van der Waals surface area contributed by atoms with E-state index in [1.54, 1.807) is 0 Å². The molecule has 4 heteroatoms. The molecule has 0 radical (unpaired) electrons. The second-order valence-electron chi connectivity index (χ2n) is 5.15. The first-order valence-corrected chi connectivity index (χ1v) is 7.40. The van der Waals surface area contributed by atoms with Gasteiger partial charge in [-0.25, -0.2) is 0 Å². The molecule has 1 fully saturated rings. The lowest BCUT2D eigenvalue weighted by Crippen LogP contribution is -2.21. The van der Waals surface area contributed by atoms with Crippen LogP contribution in [0, 0.1) is 5.92 Å². The number of ether oxygens (including phenoxy) is 3. The van der Waals surface area contributed by atoms with Crippen molar-refractivity contribution in [3.63, 3.8) is 0 Å². The van der Waals surface area contributed by atoms with Gasteiger partial charge in [0.15, 0.2) is 0 Å². The molecule has 2 rings (SSSR count). The first-order chi connectivity index (χ1) is 9.88. The van der Waals surface area contributed by atoms with E-state index in [2.05, 4.69) is 17.4 Å². The number of rotatable bonds is 8. The Bertz CT molecular complexity index is 360. The Labute approximate surface area is 121 Å². The minimum absolute atomic E-state index is 0.606. The van der Waals surface area contributed by atoms with Crippen molar-refractivity contribution in [2.45, 2.75) is 19.4 Å². The van der Waals surface area contributed by atoms with Gasteiger partial charge < -0.3 is 19.5 Å². The Morgan fingerprint density at radius 3 is 2.60 bits per heavy atom. The van der Waals surface area contributed by atoms with Gasteiger partial charge in [0, 0.05) is 26.4 Å². The first kappa shape index (κ1) is 15.3. The summed E-state index contributed by atoms with van der Waals surface area (Å²) in [4.78, 5) is 0. The maximum atomic E-state index is 5.67. The standard InChI is InChI=1S/C16H25NO3/c1-17-12-14-2-4-16(5-3-14)20-11-10-19-13-15-6-8-18-9-7-15/h2-5,15,17H,6-13H2,1H3. The highest BCUT2D eigenvalue weighted by molar-refractivity contribution is 5.27. The topological polar surface area (TPSA) is 39.7 Å². The lowest BCUT2D eigenvalue weighted by Gasteiger charge is -2.21. The second kappa shape index (κ2) is 8.95. The van der Waals surface area contributed by atoms with Crippen LogP contribution in [0.3, 0.4) is 0 Å². The molecule has 0 saturated carbocycles. The van der Waals surface area contributed by atoms with Crippen molar-refractivity contribution < 1.29 is 14.2 Å². The van der Waals surface area contributed by atoms with E-state index in [4.69, 9.17) is 14.2 Å². The first-order valence-electron chi connectivity index (χ1n) is 7.40. The zero-order valence-corrected chi connectivity index (χ0v) is 12.3. The molecule has 1 aliphatic rings. The molecule has 0 atom stereocenters. The van der Waals surface area contributed by atoms with Crippen LogP contribution in [0.25, 0.3) is 0 Å². The van der Waals surface area contributed by atoms with E-state index < -0.39 is 0 Å². The number of benzene rings is 1. The van der Waals surface area contributed by atoms with Crippen molar-refractivity contribution in [3.8, 4) is 5.75 Å².